The summed E-state index contributed by atoms with van der Waals surface area (Å²) in [6.07, 6.45) is 7.12. The van der Waals surface area contributed by atoms with Crippen LogP contribution in [0.25, 0.3) is 10.8 Å². The summed E-state index contributed by atoms with van der Waals surface area (Å²) in [5, 5.41) is 9.85. The summed E-state index contributed by atoms with van der Waals surface area (Å²) in [4.78, 5) is 30.2. The van der Waals surface area contributed by atoms with Gasteiger partial charge in [0, 0.05) is 39.4 Å². The summed E-state index contributed by atoms with van der Waals surface area (Å²) in [6, 6.07) is 16.4. The standard InChI is InChI=1S/C38H53N4O4P.2C2H6/c1-6-7-11-27(2)16-18-39-35-34(47)24-28(3)36(37(35)46-32-15-14-30-12-8-9-13-31(30)25-32)41(5)26-33(29(4)43)38(44)40-17-10-19-42-20-22-45-23-21-42;2*1-2/h8-9,12-15,24-27,39H,6-7,10-11,16-23,47H2,1-5H3,(H,40,44);2*1-2H3/b33-26+;;. The van der Waals surface area contributed by atoms with Gasteiger partial charge < -0.3 is 25.0 Å². The monoisotopic (exact) mass is 720 g/mol. The first kappa shape index (κ1) is 43.7. The van der Waals surface area contributed by atoms with Crippen LogP contribution < -0.4 is 25.6 Å². The van der Waals surface area contributed by atoms with Crippen molar-refractivity contribution in [3.63, 3.8) is 0 Å². The lowest BCUT2D eigenvalue weighted by Gasteiger charge is -2.27. The van der Waals surface area contributed by atoms with Crippen LogP contribution in [0.5, 0.6) is 11.5 Å². The van der Waals surface area contributed by atoms with E-state index in [1.807, 2.05) is 70.8 Å². The molecule has 0 bridgehead atoms. The van der Waals surface area contributed by atoms with E-state index in [0.717, 1.165) is 85.2 Å². The van der Waals surface area contributed by atoms with Crippen LogP contribution >= 0.6 is 9.24 Å². The number of benzene rings is 3. The molecular formula is C42H65N4O4P. The molecule has 4 rings (SSSR count). The lowest BCUT2D eigenvalue weighted by Crippen LogP contribution is -2.38. The van der Waals surface area contributed by atoms with E-state index in [1.54, 1.807) is 6.20 Å². The Hall–Kier alpha value is -3.45. The molecule has 1 heterocycles. The number of amides is 1. The fourth-order valence-corrected chi connectivity index (χ4v) is 6.49. The number of hydrogen-bond donors (Lipinski definition) is 2. The molecule has 3 aromatic carbocycles. The van der Waals surface area contributed by atoms with E-state index < -0.39 is 0 Å². The molecule has 1 amide bonds. The summed E-state index contributed by atoms with van der Waals surface area (Å²) in [7, 11) is 4.72. The third-order valence-electron chi connectivity index (χ3n) is 8.75. The van der Waals surface area contributed by atoms with E-state index in [2.05, 4.69) is 62.9 Å². The maximum Gasteiger partial charge on any atom is 0.256 e. The molecular weight excluding hydrogens is 655 g/mol. The van der Waals surface area contributed by atoms with Crippen LogP contribution in [0.3, 0.4) is 0 Å². The molecule has 282 valence electrons. The van der Waals surface area contributed by atoms with Crippen molar-refractivity contribution in [1.29, 1.82) is 0 Å². The molecule has 3 aromatic rings. The van der Waals surface area contributed by atoms with E-state index >= 15 is 0 Å². The zero-order valence-corrected chi connectivity index (χ0v) is 34.0. The van der Waals surface area contributed by atoms with Crippen LogP contribution in [0.2, 0.25) is 0 Å². The van der Waals surface area contributed by atoms with Gasteiger partial charge in [-0.3, -0.25) is 14.5 Å². The van der Waals surface area contributed by atoms with Gasteiger partial charge in [0.1, 0.15) is 5.75 Å². The molecule has 0 aliphatic carbocycles. The molecule has 2 atom stereocenters. The van der Waals surface area contributed by atoms with Crippen LogP contribution in [0.1, 0.15) is 86.1 Å². The van der Waals surface area contributed by atoms with Gasteiger partial charge in [-0.05, 0) is 79.0 Å². The van der Waals surface area contributed by atoms with Gasteiger partial charge in [-0.2, -0.15) is 0 Å². The average Bonchev–Trinajstić information content (AvgIpc) is 3.14. The quantitative estimate of drug-likeness (QED) is 0.0474. The Morgan fingerprint density at radius 1 is 1.00 bits per heavy atom. The highest BCUT2D eigenvalue weighted by Crippen LogP contribution is 2.42. The van der Waals surface area contributed by atoms with E-state index in [9.17, 15) is 9.59 Å². The molecule has 1 fully saturated rings. The zero-order valence-electron chi connectivity index (χ0n) is 32.9. The molecule has 51 heavy (non-hydrogen) atoms. The number of unbranched alkanes of at least 4 members (excludes halogenated alkanes) is 1. The molecule has 0 aromatic heterocycles. The van der Waals surface area contributed by atoms with E-state index in [4.69, 9.17) is 9.47 Å². The molecule has 0 spiro atoms. The number of morpholine rings is 1. The van der Waals surface area contributed by atoms with Crippen LogP contribution in [0.4, 0.5) is 11.4 Å². The molecule has 9 heteroatoms. The minimum absolute atomic E-state index is 0.101. The number of anilines is 2. The molecule has 0 radical (unpaired) electrons. The van der Waals surface area contributed by atoms with Gasteiger partial charge in [-0.25, -0.2) is 0 Å². The highest BCUT2D eigenvalue weighted by Gasteiger charge is 2.23. The van der Waals surface area contributed by atoms with Crippen molar-refractivity contribution in [3.05, 3.63) is 65.9 Å². The number of rotatable bonds is 17. The number of ether oxygens (including phenoxy) is 2. The van der Waals surface area contributed by atoms with Crippen molar-refractivity contribution in [2.75, 3.05) is 63.2 Å². The summed E-state index contributed by atoms with van der Waals surface area (Å²) in [5.41, 5.74) is 2.72. The van der Waals surface area contributed by atoms with Crippen molar-refractivity contribution in [2.45, 2.75) is 87.5 Å². The number of nitrogens with zero attached hydrogens (tertiary/aromatic N) is 2. The van der Waals surface area contributed by atoms with Crippen LogP contribution in [-0.4, -0.2) is 69.6 Å². The summed E-state index contributed by atoms with van der Waals surface area (Å²) in [5.74, 6) is 1.31. The first-order chi connectivity index (χ1) is 24.7. The molecule has 8 nitrogen and oxygen atoms in total. The van der Waals surface area contributed by atoms with Crippen LogP contribution in [0, 0.1) is 12.8 Å². The second-order valence-electron chi connectivity index (χ2n) is 12.7. The highest BCUT2D eigenvalue weighted by atomic mass is 31.0. The van der Waals surface area contributed by atoms with Gasteiger partial charge in [0.25, 0.3) is 5.91 Å². The third-order valence-corrected chi connectivity index (χ3v) is 9.20. The fourth-order valence-electron chi connectivity index (χ4n) is 6.00. The lowest BCUT2D eigenvalue weighted by atomic mass is 10.0. The van der Waals surface area contributed by atoms with Gasteiger partial charge in [-0.15, -0.1) is 9.24 Å². The van der Waals surface area contributed by atoms with Gasteiger partial charge in [0.2, 0.25) is 0 Å². The molecule has 1 aliphatic heterocycles. The number of aryl methyl sites for hydroxylation is 1. The number of hydrogen-bond acceptors (Lipinski definition) is 7. The Bertz CT molecular complexity index is 1540. The predicted octanol–water partition coefficient (Wildman–Crippen LogP) is 8.87. The molecule has 1 saturated heterocycles. The Balaban J connectivity index is 0.00000217. The summed E-state index contributed by atoms with van der Waals surface area (Å²) in [6.45, 7) is 21.5. The van der Waals surface area contributed by atoms with Gasteiger partial charge >= 0.3 is 0 Å². The number of carbonyl (C=O) groups excluding carboxylic acids is 2. The highest BCUT2D eigenvalue weighted by molar-refractivity contribution is 7.28. The molecule has 1 aliphatic rings. The number of nitrogens with one attached hydrogen (secondary N) is 2. The first-order valence-corrected chi connectivity index (χ1v) is 19.6. The smallest absolute Gasteiger partial charge is 0.256 e. The maximum atomic E-state index is 13.3. The lowest BCUT2D eigenvalue weighted by molar-refractivity contribution is -0.121. The Morgan fingerprint density at radius 3 is 2.35 bits per heavy atom. The normalized spacial score (nSPS) is 13.6. The molecule has 2 N–H and O–H groups in total. The van der Waals surface area contributed by atoms with Gasteiger partial charge in [0.05, 0.1) is 30.2 Å². The maximum absolute atomic E-state index is 13.3. The van der Waals surface area contributed by atoms with Crippen molar-refractivity contribution >= 4 is 48.4 Å². The minimum Gasteiger partial charge on any atom is -0.453 e. The second-order valence-corrected chi connectivity index (χ2v) is 13.3. The summed E-state index contributed by atoms with van der Waals surface area (Å²) < 4.78 is 12.2. The predicted molar refractivity (Wildman–Crippen MR) is 221 cm³/mol. The van der Waals surface area contributed by atoms with Crippen molar-refractivity contribution in [3.8, 4) is 11.5 Å². The molecule has 0 saturated carbocycles. The summed E-state index contributed by atoms with van der Waals surface area (Å²) >= 11 is 0. The zero-order chi connectivity index (χ0) is 37.8. The topological polar surface area (TPSA) is 83.1 Å². The number of carbonyl (C=O) groups is 2. The van der Waals surface area contributed by atoms with Gasteiger partial charge in [-0.1, -0.05) is 91.1 Å². The van der Waals surface area contributed by atoms with E-state index in [-0.39, 0.29) is 17.3 Å². The van der Waals surface area contributed by atoms with Crippen molar-refractivity contribution < 1.29 is 19.1 Å². The van der Waals surface area contributed by atoms with Crippen LogP contribution in [-0.2, 0) is 14.3 Å². The average molecular weight is 721 g/mol. The number of ketones is 1. The van der Waals surface area contributed by atoms with Crippen LogP contribution in [0.15, 0.2) is 60.3 Å². The number of fused-ring (bicyclic) bond motifs is 1. The van der Waals surface area contributed by atoms with E-state index in [1.165, 1.54) is 26.2 Å². The van der Waals surface area contributed by atoms with E-state index in [0.29, 0.717) is 24.0 Å². The van der Waals surface area contributed by atoms with Gasteiger partial charge in [0.15, 0.2) is 11.5 Å². The first-order valence-electron chi connectivity index (χ1n) is 19.0. The van der Waals surface area contributed by atoms with Crippen molar-refractivity contribution in [2.24, 2.45) is 5.92 Å². The largest absolute Gasteiger partial charge is 0.453 e. The molecule has 2 unspecified atom stereocenters. The minimum atomic E-state index is -0.372. The Morgan fingerprint density at radius 2 is 1.69 bits per heavy atom. The Labute approximate surface area is 310 Å². The fraction of sp³-hybridized carbons (Fsp3) is 0.524. The SMILES string of the molecule is CC.CC.CCCCC(C)CCNc1c(P)cc(C)c(N(C)/C=C(\C(C)=O)C(=O)NCCCN2CCOCC2)c1Oc1ccc2ccccc2c1. The van der Waals surface area contributed by atoms with Crippen molar-refractivity contribution in [1.82, 2.24) is 10.2 Å². The third kappa shape index (κ3) is 13.9. The Kier molecular flexibility index (Phi) is 20.5. The number of Topliss-reactive ketones (excluding diaryl/α,β-unsaturated/α-hetero) is 1. The second kappa shape index (κ2) is 23.9.